The maximum atomic E-state index is 13.5. The summed E-state index contributed by atoms with van der Waals surface area (Å²) in [6.07, 6.45) is -3.13. The van der Waals surface area contributed by atoms with Crippen LogP contribution in [-0.4, -0.2) is 44.0 Å². The van der Waals surface area contributed by atoms with E-state index in [4.69, 9.17) is 27.9 Å². The van der Waals surface area contributed by atoms with E-state index in [0.29, 0.717) is 0 Å². The zero-order valence-corrected chi connectivity index (χ0v) is 20.9. The van der Waals surface area contributed by atoms with Crippen molar-refractivity contribution in [3.8, 4) is 0 Å². The van der Waals surface area contributed by atoms with Crippen molar-refractivity contribution in [1.29, 1.82) is 0 Å². The first kappa shape index (κ1) is 29.0. The fourth-order valence-electron chi connectivity index (χ4n) is 2.96. The molecular formula is C22H20ClF4N9O3. The van der Waals surface area contributed by atoms with Crippen molar-refractivity contribution in [3.63, 3.8) is 0 Å². The summed E-state index contributed by atoms with van der Waals surface area (Å²) in [4.78, 5) is 38.8. The van der Waals surface area contributed by atoms with Crippen LogP contribution in [0.4, 0.5) is 28.0 Å². The summed E-state index contributed by atoms with van der Waals surface area (Å²) in [6.45, 7) is 1.45. The number of hydrazine groups is 1. The molecule has 2 amide bonds. The van der Waals surface area contributed by atoms with E-state index in [1.165, 1.54) is 32.3 Å². The lowest BCUT2D eigenvalue weighted by molar-refractivity contribution is -0.145. The molecule has 0 saturated carbocycles. The van der Waals surface area contributed by atoms with Gasteiger partial charge < -0.3 is 15.8 Å². The molecular weight excluding hydrogens is 550 g/mol. The largest absolute Gasteiger partial charge is 0.451 e. The molecule has 0 unspecified atom stereocenters. The highest BCUT2D eigenvalue weighted by molar-refractivity contribution is 6.30. The Morgan fingerprint density at radius 3 is 2.33 bits per heavy atom. The lowest BCUT2D eigenvalue weighted by atomic mass is 10.2. The molecule has 0 aliphatic carbocycles. The second-order valence-corrected chi connectivity index (χ2v) is 8.12. The Morgan fingerprint density at radius 1 is 1.10 bits per heavy atom. The Hall–Kier alpha value is -4.57. The molecule has 3 rings (SSSR count). The Kier molecular flexibility index (Phi) is 8.82. The number of carbonyl (C=O) groups is 2. The minimum atomic E-state index is -4.74. The van der Waals surface area contributed by atoms with E-state index in [2.05, 4.69) is 30.6 Å². The lowest BCUT2D eigenvalue weighted by Crippen LogP contribution is -2.39. The number of amides is 2. The van der Waals surface area contributed by atoms with Gasteiger partial charge in [0.1, 0.15) is 22.8 Å². The van der Waals surface area contributed by atoms with Crippen molar-refractivity contribution in [2.24, 2.45) is 11.6 Å². The smallest absolute Gasteiger partial charge is 0.441 e. The fraction of sp³-hybridized carbons (Fsp3) is 0.182. The number of nitrogens with one attached hydrogen (secondary N) is 2. The molecule has 12 nitrogen and oxygen atoms in total. The number of nitrogens with zero attached hydrogens (tertiary/aromatic N) is 5. The SMILES string of the molecule is C[C@@H](OC(=O)N/C(=C(/N)c1ccc(NC(=O)c2cnc(C(F)(F)F)nc2)cn1)N(C)N)c1cc(F)cnc1Cl. The summed E-state index contributed by atoms with van der Waals surface area (Å²) in [5, 5.41) is 5.73. The minimum absolute atomic E-state index is 0.0508. The Morgan fingerprint density at radius 2 is 1.77 bits per heavy atom. The molecule has 3 aromatic rings. The van der Waals surface area contributed by atoms with Crippen LogP contribution in [0, 0.1) is 5.82 Å². The second kappa shape index (κ2) is 11.9. The van der Waals surface area contributed by atoms with Crippen molar-refractivity contribution >= 4 is 35.0 Å². The maximum Gasteiger partial charge on any atom is 0.451 e. The molecule has 0 saturated heterocycles. The summed E-state index contributed by atoms with van der Waals surface area (Å²) >= 11 is 5.93. The van der Waals surface area contributed by atoms with Crippen LogP contribution in [0.15, 0.2) is 48.8 Å². The molecule has 17 heteroatoms. The number of rotatable bonds is 7. The van der Waals surface area contributed by atoms with E-state index < -0.39 is 35.9 Å². The molecule has 0 aliphatic heterocycles. The first-order chi connectivity index (χ1) is 18.3. The number of nitrogens with two attached hydrogens (primary N) is 2. The third-order valence-electron chi connectivity index (χ3n) is 4.85. The molecule has 0 aliphatic rings. The quantitative estimate of drug-likeness (QED) is 0.143. The highest BCUT2D eigenvalue weighted by Crippen LogP contribution is 2.26. The van der Waals surface area contributed by atoms with E-state index in [1.54, 1.807) is 0 Å². The van der Waals surface area contributed by atoms with E-state index >= 15 is 0 Å². The van der Waals surface area contributed by atoms with Gasteiger partial charge in [-0.2, -0.15) is 13.2 Å². The molecule has 1 atom stereocenters. The van der Waals surface area contributed by atoms with Crippen LogP contribution in [0.3, 0.4) is 0 Å². The van der Waals surface area contributed by atoms with Crippen LogP contribution in [0.2, 0.25) is 5.15 Å². The highest BCUT2D eigenvalue weighted by atomic mass is 35.5. The van der Waals surface area contributed by atoms with Gasteiger partial charge in [0.25, 0.3) is 5.91 Å². The van der Waals surface area contributed by atoms with Gasteiger partial charge in [0.2, 0.25) is 5.82 Å². The molecule has 3 heterocycles. The monoisotopic (exact) mass is 569 g/mol. The lowest BCUT2D eigenvalue weighted by Gasteiger charge is -2.21. The number of ether oxygens (including phenoxy) is 1. The summed E-state index contributed by atoms with van der Waals surface area (Å²) < 4.78 is 56.5. The van der Waals surface area contributed by atoms with Gasteiger partial charge in [-0.25, -0.2) is 30.0 Å². The molecule has 0 spiro atoms. The molecule has 206 valence electrons. The molecule has 0 aromatic carbocycles. The summed E-state index contributed by atoms with van der Waals surface area (Å²) in [5.41, 5.74) is 6.23. The van der Waals surface area contributed by atoms with Crippen molar-refractivity contribution in [2.75, 3.05) is 12.4 Å². The number of pyridine rings is 2. The Balaban J connectivity index is 1.70. The number of halogens is 5. The first-order valence-electron chi connectivity index (χ1n) is 10.7. The highest BCUT2D eigenvalue weighted by Gasteiger charge is 2.34. The summed E-state index contributed by atoms with van der Waals surface area (Å²) in [7, 11) is 1.37. The van der Waals surface area contributed by atoms with Crippen molar-refractivity contribution < 1.29 is 31.9 Å². The zero-order valence-electron chi connectivity index (χ0n) is 20.1. The third-order valence-corrected chi connectivity index (χ3v) is 5.16. The van der Waals surface area contributed by atoms with Gasteiger partial charge in [0.15, 0.2) is 5.82 Å². The van der Waals surface area contributed by atoms with Crippen LogP contribution >= 0.6 is 11.6 Å². The number of aromatic nitrogens is 4. The first-order valence-corrected chi connectivity index (χ1v) is 11.1. The van der Waals surface area contributed by atoms with E-state index in [1.807, 2.05) is 0 Å². The van der Waals surface area contributed by atoms with Crippen molar-refractivity contribution in [3.05, 3.63) is 82.4 Å². The van der Waals surface area contributed by atoms with Gasteiger partial charge in [-0.3, -0.25) is 20.1 Å². The van der Waals surface area contributed by atoms with Crippen molar-refractivity contribution in [1.82, 2.24) is 30.3 Å². The van der Waals surface area contributed by atoms with Gasteiger partial charge in [-0.1, -0.05) is 11.6 Å². The Labute approximate surface area is 223 Å². The molecule has 0 radical (unpaired) electrons. The van der Waals surface area contributed by atoms with E-state index in [-0.39, 0.29) is 39.2 Å². The van der Waals surface area contributed by atoms with Gasteiger partial charge in [-0.05, 0) is 25.1 Å². The normalized spacial score (nSPS) is 12.7. The Bertz CT molecular complexity index is 1390. The van der Waals surface area contributed by atoms with Crippen LogP contribution in [0.1, 0.15) is 40.5 Å². The zero-order chi connectivity index (χ0) is 28.9. The standard InChI is InChI=1S/C22H20ClF4N9O3/c1-10(14-5-12(24)8-31-17(14)23)39-21(38)35-18(36(2)29)16(28)15-4-3-13(9-30-15)34-19(37)11-6-32-20(33-7-11)22(25,26)27/h3-10H,28-29H2,1-2H3,(H,34,37)(H,35,38)/b18-16-/t10-/m1/s1. The predicted octanol–water partition coefficient (Wildman–Crippen LogP) is 3.21. The summed E-state index contributed by atoms with van der Waals surface area (Å²) in [5.74, 6) is 2.84. The van der Waals surface area contributed by atoms with E-state index in [9.17, 15) is 27.2 Å². The van der Waals surface area contributed by atoms with Gasteiger partial charge in [0.05, 0.1) is 29.3 Å². The molecule has 0 bridgehead atoms. The van der Waals surface area contributed by atoms with Gasteiger partial charge >= 0.3 is 12.3 Å². The number of hydrogen-bond donors (Lipinski definition) is 4. The predicted molar refractivity (Wildman–Crippen MR) is 130 cm³/mol. The third kappa shape index (κ3) is 7.48. The number of hydrogen-bond acceptors (Lipinski definition) is 10. The molecule has 0 fully saturated rings. The molecule has 3 aromatic heterocycles. The van der Waals surface area contributed by atoms with Crippen LogP contribution in [-0.2, 0) is 10.9 Å². The van der Waals surface area contributed by atoms with Crippen LogP contribution in [0.25, 0.3) is 5.70 Å². The number of alkyl carbamates (subject to hydrolysis) is 1. The number of anilines is 1. The second-order valence-electron chi connectivity index (χ2n) is 7.76. The van der Waals surface area contributed by atoms with Gasteiger partial charge in [-0.15, -0.1) is 0 Å². The fourth-order valence-corrected chi connectivity index (χ4v) is 3.22. The van der Waals surface area contributed by atoms with Crippen LogP contribution in [0.5, 0.6) is 0 Å². The molecule has 6 N–H and O–H groups in total. The average molecular weight is 570 g/mol. The average Bonchev–Trinajstić information content (AvgIpc) is 2.88. The minimum Gasteiger partial charge on any atom is -0.441 e. The summed E-state index contributed by atoms with van der Waals surface area (Å²) in [6, 6.07) is 3.85. The van der Waals surface area contributed by atoms with Gasteiger partial charge in [0, 0.05) is 25.0 Å². The van der Waals surface area contributed by atoms with Crippen molar-refractivity contribution in [2.45, 2.75) is 19.2 Å². The van der Waals surface area contributed by atoms with Crippen LogP contribution < -0.4 is 22.2 Å². The molecule has 39 heavy (non-hydrogen) atoms. The number of alkyl halides is 3. The van der Waals surface area contributed by atoms with E-state index in [0.717, 1.165) is 29.7 Å². The topological polar surface area (TPSA) is 174 Å². The number of carbonyl (C=O) groups excluding carboxylic acids is 2. The maximum absolute atomic E-state index is 13.5.